The van der Waals surface area contributed by atoms with Crippen molar-refractivity contribution in [1.29, 1.82) is 0 Å². The molecule has 0 aromatic heterocycles. The molecule has 0 aliphatic carbocycles. The largest absolute Gasteiger partial charge is 0.274 e. The van der Waals surface area contributed by atoms with Gasteiger partial charge in [-0.05, 0) is 29.8 Å². The van der Waals surface area contributed by atoms with Crippen molar-refractivity contribution in [3.63, 3.8) is 0 Å². The maximum Gasteiger partial charge on any atom is 0.274 e. The molecule has 0 saturated carbocycles. The standard InChI is InChI=1S/C14H12N2O4/c17-14(12-4-2-1-3-5-12)15-20-10-11-6-8-13(9-7-11)16(18)19/h1-9H,10H2,(H,15,17). The number of non-ortho nitro benzene ring substituents is 1. The first-order valence-electron chi connectivity index (χ1n) is 5.87. The van der Waals surface area contributed by atoms with E-state index in [2.05, 4.69) is 5.48 Å². The van der Waals surface area contributed by atoms with Gasteiger partial charge in [0.1, 0.15) is 0 Å². The average molecular weight is 272 g/mol. The number of benzene rings is 2. The van der Waals surface area contributed by atoms with Crippen molar-refractivity contribution >= 4 is 11.6 Å². The minimum atomic E-state index is -0.470. The molecule has 2 aromatic rings. The summed E-state index contributed by atoms with van der Waals surface area (Å²) in [6, 6.07) is 14.6. The second kappa shape index (κ2) is 6.44. The van der Waals surface area contributed by atoms with Crippen LogP contribution in [0.5, 0.6) is 0 Å². The highest BCUT2D eigenvalue weighted by atomic mass is 16.7. The Labute approximate surface area is 115 Å². The van der Waals surface area contributed by atoms with Gasteiger partial charge in [0.05, 0.1) is 11.5 Å². The molecule has 102 valence electrons. The summed E-state index contributed by atoms with van der Waals surface area (Å²) >= 11 is 0. The molecule has 0 unspecified atom stereocenters. The minimum Gasteiger partial charge on any atom is -0.269 e. The van der Waals surface area contributed by atoms with Crippen LogP contribution in [0.2, 0.25) is 0 Å². The predicted octanol–water partition coefficient (Wildman–Crippen LogP) is 2.46. The molecule has 2 rings (SSSR count). The number of nitrogens with zero attached hydrogens (tertiary/aromatic N) is 1. The number of carbonyl (C=O) groups is 1. The molecule has 0 spiro atoms. The van der Waals surface area contributed by atoms with Gasteiger partial charge in [-0.25, -0.2) is 5.48 Å². The van der Waals surface area contributed by atoms with Gasteiger partial charge in [-0.15, -0.1) is 0 Å². The molecule has 0 aliphatic heterocycles. The van der Waals surface area contributed by atoms with E-state index in [1.54, 1.807) is 36.4 Å². The second-order valence-corrected chi connectivity index (χ2v) is 4.01. The van der Waals surface area contributed by atoms with E-state index in [1.165, 1.54) is 12.1 Å². The van der Waals surface area contributed by atoms with Crippen LogP contribution < -0.4 is 5.48 Å². The van der Waals surface area contributed by atoms with Crippen LogP contribution >= 0.6 is 0 Å². The highest BCUT2D eigenvalue weighted by Gasteiger charge is 2.06. The highest BCUT2D eigenvalue weighted by Crippen LogP contribution is 2.12. The van der Waals surface area contributed by atoms with Crippen molar-refractivity contribution in [1.82, 2.24) is 5.48 Å². The van der Waals surface area contributed by atoms with Crippen LogP contribution in [0, 0.1) is 10.1 Å². The Morgan fingerprint density at radius 3 is 2.35 bits per heavy atom. The van der Waals surface area contributed by atoms with Gasteiger partial charge in [0, 0.05) is 17.7 Å². The van der Waals surface area contributed by atoms with Crippen LogP contribution in [0.25, 0.3) is 0 Å². The summed E-state index contributed by atoms with van der Waals surface area (Å²) in [5, 5.41) is 10.5. The van der Waals surface area contributed by atoms with Crippen LogP contribution in [0.4, 0.5) is 5.69 Å². The van der Waals surface area contributed by atoms with Crippen LogP contribution in [-0.4, -0.2) is 10.8 Å². The van der Waals surface area contributed by atoms with Gasteiger partial charge in [-0.2, -0.15) is 0 Å². The Morgan fingerprint density at radius 1 is 1.10 bits per heavy atom. The summed E-state index contributed by atoms with van der Waals surface area (Å²) in [7, 11) is 0. The number of nitro benzene ring substituents is 1. The summed E-state index contributed by atoms with van der Waals surface area (Å²) in [4.78, 5) is 26.7. The third-order valence-corrected chi connectivity index (χ3v) is 2.59. The van der Waals surface area contributed by atoms with E-state index in [0.29, 0.717) is 5.56 Å². The number of hydrogen-bond acceptors (Lipinski definition) is 4. The fourth-order valence-corrected chi connectivity index (χ4v) is 1.55. The first kappa shape index (κ1) is 13.7. The van der Waals surface area contributed by atoms with Crippen LogP contribution in [-0.2, 0) is 11.4 Å². The van der Waals surface area contributed by atoms with Crippen molar-refractivity contribution in [3.8, 4) is 0 Å². The molecule has 6 heteroatoms. The molecule has 2 aromatic carbocycles. The summed E-state index contributed by atoms with van der Waals surface area (Å²) in [6.07, 6.45) is 0. The number of nitro groups is 1. The normalized spacial score (nSPS) is 10.0. The van der Waals surface area contributed by atoms with Crippen molar-refractivity contribution < 1.29 is 14.6 Å². The third-order valence-electron chi connectivity index (χ3n) is 2.59. The summed E-state index contributed by atoms with van der Waals surface area (Å²) < 4.78 is 0. The van der Waals surface area contributed by atoms with Gasteiger partial charge in [0.2, 0.25) is 0 Å². The lowest BCUT2D eigenvalue weighted by molar-refractivity contribution is -0.384. The van der Waals surface area contributed by atoms with Crippen molar-refractivity contribution in [3.05, 3.63) is 75.8 Å². The van der Waals surface area contributed by atoms with Gasteiger partial charge >= 0.3 is 0 Å². The average Bonchev–Trinajstić information content (AvgIpc) is 2.48. The van der Waals surface area contributed by atoms with Crippen molar-refractivity contribution in [2.45, 2.75) is 6.61 Å². The van der Waals surface area contributed by atoms with E-state index < -0.39 is 4.92 Å². The minimum absolute atomic E-state index is 0.0158. The molecule has 0 atom stereocenters. The smallest absolute Gasteiger partial charge is 0.269 e. The Hall–Kier alpha value is -2.73. The van der Waals surface area contributed by atoms with Crippen molar-refractivity contribution in [2.24, 2.45) is 0 Å². The van der Waals surface area contributed by atoms with E-state index in [4.69, 9.17) is 4.84 Å². The molecule has 0 fully saturated rings. The van der Waals surface area contributed by atoms with E-state index >= 15 is 0 Å². The highest BCUT2D eigenvalue weighted by molar-refractivity contribution is 5.93. The first-order chi connectivity index (χ1) is 9.66. The number of amides is 1. The van der Waals surface area contributed by atoms with Gasteiger partial charge in [0.15, 0.2) is 0 Å². The predicted molar refractivity (Wildman–Crippen MR) is 71.8 cm³/mol. The monoisotopic (exact) mass is 272 g/mol. The molecular formula is C14H12N2O4. The molecule has 0 radical (unpaired) electrons. The van der Waals surface area contributed by atoms with Crippen LogP contribution in [0.3, 0.4) is 0 Å². The lowest BCUT2D eigenvalue weighted by Gasteiger charge is -2.05. The van der Waals surface area contributed by atoms with Crippen molar-refractivity contribution in [2.75, 3.05) is 0 Å². The lowest BCUT2D eigenvalue weighted by Crippen LogP contribution is -2.23. The first-order valence-corrected chi connectivity index (χ1v) is 5.87. The van der Waals surface area contributed by atoms with E-state index in [1.807, 2.05) is 6.07 Å². The van der Waals surface area contributed by atoms with Gasteiger partial charge in [0.25, 0.3) is 11.6 Å². The topological polar surface area (TPSA) is 81.5 Å². The molecule has 20 heavy (non-hydrogen) atoms. The molecule has 0 aliphatic rings. The Morgan fingerprint density at radius 2 is 1.75 bits per heavy atom. The molecule has 0 saturated heterocycles. The summed E-state index contributed by atoms with van der Waals surface area (Å²) in [6.45, 7) is 0.135. The molecular weight excluding hydrogens is 260 g/mol. The Kier molecular flexibility index (Phi) is 4.41. The number of rotatable bonds is 5. The van der Waals surface area contributed by atoms with Gasteiger partial charge < -0.3 is 0 Å². The Balaban J connectivity index is 1.84. The Bertz CT molecular complexity index is 596. The maximum atomic E-state index is 11.7. The van der Waals surface area contributed by atoms with Gasteiger partial charge in [-0.1, -0.05) is 18.2 Å². The fourth-order valence-electron chi connectivity index (χ4n) is 1.55. The number of nitrogens with one attached hydrogen (secondary N) is 1. The van der Waals surface area contributed by atoms with Crippen LogP contribution in [0.15, 0.2) is 54.6 Å². The molecule has 0 bridgehead atoms. The molecule has 0 heterocycles. The quantitative estimate of drug-likeness (QED) is 0.669. The number of hydrogen-bond donors (Lipinski definition) is 1. The lowest BCUT2D eigenvalue weighted by atomic mass is 10.2. The molecule has 1 amide bonds. The molecule has 6 nitrogen and oxygen atoms in total. The zero-order valence-electron chi connectivity index (χ0n) is 10.5. The zero-order chi connectivity index (χ0) is 14.4. The number of carbonyl (C=O) groups excluding carboxylic acids is 1. The second-order valence-electron chi connectivity index (χ2n) is 4.01. The van der Waals surface area contributed by atoms with E-state index in [-0.39, 0.29) is 18.2 Å². The zero-order valence-corrected chi connectivity index (χ0v) is 10.5. The summed E-state index contributed by atoms with van der Waals surface area (Å²) in [5.41, 5.74) is 3.55. The van der Waals surface area contributed by atoms with E-state index in [0.717, 1.165) is 5.56 Å². The molecule has 1 N–H and O–H groups in total. The summed E-state index contributed by atoms with van der Waals surface area (Å²) in [5.74, 6) is -0.340. The SMILES string of the molecule is O=C(NOCc1ccc([N+](=O)[O-])cc1)c1ccccc1. The third kappa shape index (κ3) is 3.63. The number of hydroxylamine groups is 1. The van der Waals surface area contributed by atoms with E-state index in [9.17, 15) is 14.9 Å². The van der Waals surface area contributed by atoms with Crippen LogP contribution in [0.1, 0.15) is 15.9 Å². The fraction of sp³-hybridized carbons (Fsp3) is 0.0714. The maximum absolute atomic E-state index is 11.7. The van der Waals surface area contributed by atoms with Gasteiger partial charge in [-0.3, -0.25) is 19.7 Å².